The molecule has 2 N–H and O–H groups in total. The second kappa shape index (κ2) is 6.05. The van der Waals surface area contributed by atoms with Crippen LogP contribution in [0.5, 0.6) is 0 Å². The van der Waals surface area contributed by atoms with Crippen LogP contribution in [0.25, 0.3) is 10.7 Å². The van der Waals surface area contributed by atoms with Gasteiger partial charge in [0, 0.05) is 11.6 Å². The van der Waals surface area contributed by atoms with E-state index in [0.29, 0.717) is 11.0 Å². The Kier molecular flexibility index (Phi) is 4.12. The van der Waals surface area contributed by atoms with E-state index in [9.17, 15) is 0 Å². The molecule has 3 heterocycles. The van der Waals surface area contributed by atoms with Crippen molar-refractivity contribution in [3.63, 3.8) is 0 Å². The summed E-state index contributed by atoms with van der Waals surface area (Å²) in [4.78, 5) is 10.00. The summed E-state index contributed by atoms with van der Waals surface area (Å²) in [5.74, 6) is 7.87. The second-order valence-corrected chi connectivity index (χ2v) is 7.05. The topological polar surface area (TPSA) is 82.5 Å². The fourth-order valence-corrected chi connectivity index (χ4v) is 3.41. The molecule has 0 spiro atoms. The number of nitrogens with two attached hydrogens (primary N) is 1. The molecule has 6 nitrogen and oxygen atoms in total. The molecule has 3 aromatic heterocycles. The van der Waals surface area contributed by atoms with Gasteiger partial charge >= 0.3 is 0 Å². The maximum absolute atomic E-state index is 6.11. The molecule has 114 valence electrons. The Balaban J connectivity index is 1.91. The van der Waals surface area contributed by atoms with Crippen molar-refractivity contribution in [1.82, 2.24) is 24.8 Å². The van der Waals surface area contributed by atoms with Crippen LogP contribution >= 0.6 is 23.1 Å². The zero-order chi connectivity index (χ0) is 15.7. The molecule has 0 atom stereocenters. The Morgan fingerprint density at radius 1 is 1.27 bits per heavy atom. The highest BCUT2D eigenvalue weighted by atomic mass is 32.2. The van der Waals surface area contributed by atoms with Gasteiger partial charge in [-0.2, -0.15) is 0 Å². The van der Waals surface area contributed by atoms with E-state index in [1.807, 2.05) is 30.5 Å². The van der Waals surface area contributed by atoms with Crippen molar-refractivity contribution < 1.29 is 0 Å². The monoisotopic (exact) mass is 332 g/mol. The molecular weight excluding hydrogens is 316 g/mol. The molecule has 0 radical (unpaired) electrons. The fraction of sp³-hybridized carbons (Fsp3) is 0.286. The van der Waals surface area contributed by atoms with Crippen LogP contribution in [-0.2, 0) is 0 Å². The van der Waals surface area contributed by atoms with Crippen LogP contribution in [0.4, 0.5) is 0 Å². The summed E-state index contributed by atoms with van der Waals surface area (Å²) in [5.41, 5.74) is 0.933. The molecule has 3 aromatic rings. The predicted molar refractivity (Wildman–Crippen MR) is 88.5 cm³/mol. The molecule has 3 rings (SSSR count). The maximum atomic E-state index is 6.11. The van der Waals surface area contributed by atoms with Crippen LogP contribution in [-0.4, -0.2) is 24.8 Å². The van der Waals surface area contributed by atoms with Crippen molar-refractivity contribution in [2.24, 2.45) is 0 Å². The SMILES string of the molecule is Cc1cc(Sc2nnc(-c3cccs3)n2N)nc(C(C)C)n1. The standard InChI is InChI=1S/C14H16N6S2/c1-8(2)12-16-9(3)7-11(17-12)22-14-19-18-13(20(14)15)10-5-4-6-21-10/h4-8H,15H2,1-3H3. The third-order valence-corrected chi connectivity index (χ3v) is 4.71. The van der Waals surface area contributed by atoms with Gasteiger partial charge in [0.25, 0.3) is 0 Å². The van der Waals surface area contributed by atoms with E-state index in [4.69, 9.17) is 5.84 Å². The highest BCUT2D eigenvalue weighted by Crippen LogP contribution is 2.29. The number of nitrogens with zero attached hydrogens (tertiary/aromatic N) is 5. The van der Waals surface area contributed by atoms with Gasteiger partial charge < -0.3 is 5.84 Å². The summed E-state index contributed by atoms with van der Waals surface area (Å²) in [6, 6.07) is 5.86. The van der Waals surface area contributed by atoms with Crippen LogP contribution < -0.4 is 5.84 Å². The van der Waals surface area contributed by atoms with Gasteiger partial charge in [-0.15, -0.1) is 21.5 Å². The van der Waals surface area contributed by atoms with Crippen molar-refractivity contribution in [1.29, 1.82) is 0 Å². The number of hydrogen-bond donors (Lipinski definition) is 1. The summed E-state index contributed by atoms with van der Waals surface area (Å²) in [6.45, 7) is 6.11. The normalized spacial score (nSPS) is 11.3. The predicted octanol–water partition coefficient (Wildman–Crippen LogP) is 3.09. The van der Waals surface area contributed by atoms with E-state index in [0.717, 1.165) is 21.4 Å². The lowest BCUT2D eigenvalue weighted by molar-refractivity contribution is 0.743. The molecule has 0 aliphatic rings. The first kappa shape index (κ1) is 15.0. The highest BCUT2D eigenvalue weighted by molar-refractivity contribution is 7.99. The van der Waals surface area contributed by atoms with Crippen LogP contribution in [0.2, 0.25) is 0 Å². The number of thiophene rings is 1. The zero-order valence-corrected chi connectivity index (χ0v) is 14.1. The number of hydrogen-bond acceptors (Lipinski definition) is 7. The molecule has 0 saturated carbocycles. The number of nitrogen functional groups attached to an aromatic ring is 1. The first-order valence-corrected chi connectivity index (χ1v) is 8.52. The minimum absolute atomic E-state index is 0.275. The summed E-state index contributed by atoms with van der Waals surface area (Å²) < 4.78 is 1.50. The van der Waals surface area contributed by atoms with Gasteiger partial charge in [-0.25, -0.2) is 14.6 Å². The van der Waals surface area contributed by atoms with Gasteiger partial charge in [-0.3, -0.25) is 0 Å². The molecule has 0 aliphatic carbocycles. The summed E-state index contributed by atoms with van der Waals surface area (Å²) in [7, 11) is 0. The van der Waals surface area contributed by atoms with Crippen LogP contribution in [0, 0.1) is 6.92 Å². The molecule has 0 aromatic carbocycles. The average molecular weight is 332 g/mol. The molecular formula is C14H16N6S2. The van der Waals surface area contributed by atoms with E-state index in [-0.39, 0.29) is 5.92 Å². The number of aryl methyl sites for hydroxylation is 1. The molecule has 0 aliphatic heterocycles. The Labute approximate surface area is 136 Å². The third kappa shape index (κ3) is 2.97. The van der Waals surface area contributed by atoms with E-state index >= 15 is 0 Å². The van der Waals surface area contributed by atoms with E-state index < -0.39 is 0 Å². The molecule has 0 saturated heterocycles. The first-order valence-electron chi connectivity index (χ1n) is 6.82. The molecule has 0 bridgehead atoms. The van der Waals surface area contributed by atoms with Gasteiger partial charge in [-0.1, -0.05) is 19.9 Å². The Hall–Kier alpha value is -1.93. The van der Waals surface area contributed by atoms with Gasteiger partial charge in [0.05, 0.1) is 4.88 Å². The number of rotatable bonds is 4. The molecule has 0 fully saturated rings. The fourth-order valence-electron chi connectivity index (χ4n) is 1.89. The summed E-state index contributed by atoms with van der Waals surface area (Å²) >= 11 is 2.98. The largest absolute Gasteiger partial charge is 0.335 e. The molecule has 22 heavy (non-hydrogen) atoms. The van der Waals surface area contributed by atoms with Crippen molar-refractivity contribution in [2.75, 3.05) is 5.84 Å². The van der Waals surface area contributed by atoms with Crippen molar-refractivity contribution in [3.05, 3.63) is 35.1 Å². The van der Waals surface area contributed by atoms with Gasteiger partial charge in [0.2, 0.25) is 5.16 Å². The van der Waals surface area contributed by atoms with Crippen molar-refractivity contribution >= 4 is 23.1 Å². The summed E-state index contributed by atoms with van der Waals surface area (Å²) in [6.07, 6.45) is 0. The zero-order valence-electron chi connectivity index (χ0n) is 12.5. The molecule has 0 unspecified atom stereocenters. The van der Waals surface area contributed by atoms with Gasteiger partial charge in [0.15, 0.2) is 5.82 Å². The average Bonchev–Trinajstić information content (AvgIpc) is 3.09. The Bertz CT molecular complexity index is 779. The lowest BCUT2D eigenvalue weighted by Gasteiger charge is -2.07. The van der Waals surface area contributed by atoms with Gasteiger partial charge in [0.1, 0.15) is 10.9 Å². The Morgan fingerprint density at radius 3 is 2.77 bits per heavy atom. The lowest BCUT2D eigenvalue weighted by atomic mass is 10.2. The van der Waals surface area contributed by atoms with Crippen LogP contribution in [0.15, 0.2) is 33.8 Å². The van der Waals surface area contributed by atoms with E-state index in [1.54, 1.807) is 11.3 Å². The second-order valence-electron chi connectivity index (χ2n) is 5.12. The lowest BCUT2D eigenvalue weighted by Crippen LogP contribution is -2.11. The smallest absolute Gasteiger partial charge is 0.216 e. The number of aromatic nitrogens is 5. The van der Waals surface area contributed by atoms with E-state index in [1.165, 1.54) is 16.4 Å². The third-order valence-electron chi connectivity index (χ3n) is 2.97. The van der Waals surface area contributed by atoms with Crippen molar-refractivity contribution in [2.45, 2.75) is 36.9 Å². The van der Waals surface area contributed by atoms with Gasteiger partial charge in [-0.05, 0) is 36.2 Å². The molecule has 8 heteroatoms. The highest BCUT2D eigenvalue weighted by Gasteiger charge is 2.15. The first-order chi connectivity index (χ1) is 10.5. The summed E-state index contributed by atoms with van der Waals surface area (Å²) in [5, 5.41) is 11.8. The maximum Gasteiger partial charge on any atom is 0.216 e. The minimum atomic E-state index is 0.275. The molecule has 0 amide bonds. The minimum Gasteiger partial charge on any atom is -0.335 e. The van der Waals surface area contributed by atoms with E-state index in [2.05, 4.69) is 34.0 Å². The van der Waals surface area contributed by atoms with Crippen LogP contribution in [0.3, 0.4) is 0 Å². The van der Waals surface area contributed by atoms with Crippen molar-refractivity contribution in [3.8, 4) is 10.7 Å². The Morgan fingerprint density at radius 2 is 2.09 bits per heavy atom. The van der Waals surface area contributed by atoms with Crippen LogP contribution in [0.1, 0.15) is 31.3 Å². The quantitative estimate of drug-likeness (QED) is 0.584.